The summed E-state index contributed by atoms with van der Waals surface area (Å²) in [6.45, 7) is 2.39. The largest absolute Gasteiger partial charge is 0.369 e. The molecule has 0 bridgehead atoms. The number of hydrogen-bond acceptors (Lipinski definition) is 9. The van der Waals surface area contributed by atoms with Gasteiger partial charge in [0.2, 0.25) is 5.95 Å². The van der Waals surface area contributed by atoms with Crippen LogP contribution >= 0.6 is 11.6 Å². The number of rotatable bonds is 7. The molecule has 5 rings (SSSR count). The Morgan fingerprint density at radius 3 is 2.72 bits per heavy atom. The molecule has 1 saturated carbocycles. The van der Waals surface area contributed by atoms with Gasteiger partial charge in [0.25, 0.3) is 0 Å². The lowest BCUT2D eigenvalue weighted by molar-refractivity contribution is 0.506. The minimum atomic E-state index is 0.135. The predicted molar refractivity (Wildman–Crippen MR) is 127 cm³/mol. The molecule has 3 aromatic rings. The van der Waals surface area contributed by atoms with Crippen LogP contribution in [0.5, 0.6) is 0 Å². The molecule has 3 heterocycles. The van der Waals surface area contributed by atoms with E-state index in [-0.39, 0.29) is 6.04 Å². The monoisotopic (exact) mass is 456 g/mol. The second-order valence-corrected chi connectivity index (χ2v) is 8.92. The summed E-state index contributed by atoms with van der Waals surface area (Å²) in [6.07, 6.45) is 6.02. The number of hydrogen-bond donors (Lipinski definition) is 5. The number of nitrogens with one attached hydrogen (secondary N) is 2. The summed E-state index contributed by atoms with van der Waals surface area (Å²) in [4.78, 5) is 11.4. The Hall–Kier alpha value is -2.66. The average Bonchev–Trinajstić information content (AvgIpc) is 3.51. The minimum absolute atomic E-state index is 0.135. The molecule has 32 heavy (non-hydrogen) atoms. The van der Waals surface area contributed by atoms with Crippen molar-refractivity contribution in [3.63, 3.8) is 0 Å². The number of anilines is 4. The number of nitrogens with zero attached hydrogens (tertiary/aromatic N) is 5. The molecule has 0 unspecified atom stereocenters. The van der Waals surface area contributed by atoms with Crippen LogP contribution in [0, 0.1) is 0 Å². The van der Waals surface area contributed by atoms with Crippen LogP contribution in [-0.2, 0) is 13.1 Å². The van der Waals surface area contributed by atoms with Crippen LogP contribution < -0.4 is 32.7 Å². The molecule has 10 nitrogen and oxygen atoms in total. The lowest BCUT2D eigenvalue weighted by Gasteiger charge is -2.34. The first-order valence-corrected chi connectivity index (χ1v) is 11.4. The standard InChI is InChI=1S/C21H29ClN10/c22-18-16(6-12(8-23)7-17(18)31-5-1-2-13(25)11-31)28-21-29-19(27-14-3-4-14)20-26-10-15(9-24)32(20)30-21/h6-7,10,13-14H,1-5,8-9,11,23-25H2,(H2,27,28,29,30)/t13-/m1/s1. The first-order chi connectivity index (χ1) is 15.6. The summed E-state index contributed by atoms with van der Waals surface area (Å²) in [7, 11) is 0. The number of piperidine rings is 1. The SMILES string of the molecule is NCc1cc(Nc2nc(NC3CC3)c3ncc(CN)n3n2)c(Cl)c(N2CCC[C@@H](N)C2)c1. The number of aromatic nitrogens is 4. The minimum Gasteiger partial charge on any atom is -0.369 e. The van der Waals surface area contributed by atoms with Crippen molar-refractivity contribution >= 4 is 40.4 Å². The Kier molecular flexibility index (Phi) is 5.76. The molecule has 1 saturated heterocycles. The van der Waals surface area contributed by atoms with Crippen LogP contribution in [0.1, 0.15) is 36.9 Å². The van der Waals surface area contributed by atoms with E-state index in [0.717, 1.165) is 55.7 Å². The number of halogens is 1. The predicted octanol–water partition coefficient (Wildman–Crippen LogP) is 1.94. The van der Waals surface area contributed by atoms with Crippen molar-refractivity contribution in [2.45, 2.75) is 50.9 Å². The molecular formula is C21H29ClN10. The zero-order valence-corrected chi connectivity index (χ0v) is 18.6. The van der Waals surface area contributed by atoms with E-state index in [2.05, 4.69) is 25.6 Å². The fourth-order valence-corrected chi connectivity index (χ4v) is 4.37. The molecule has 2 aliphatic rings. The molecule has 1 aliphatic heterocycles. The fraction of sp³-hybridized carbons (Fsp3) is 0.476. The van der Waals surface area contributed by atoms with Gasteiger partial charge in [0.1, 0.15) is 0 Å². The Bertz CT molecular complexity index is 1130. The van der Waals surface area contributed by atoms with Gasteiger partial charge < -0.3 is 32.7 Å². The molecule has 0 radical (unpaired) electrons. The summed E-state index contributed by atoms with van der Waals surface area (Å²) in [5, 5.41) is 12.0. The van der Waals surface area contributed by atoms with Gasteiger partial charge in [0.05, 0.1) is 28.3 Å². The molecule has 8 N–H and O–H groups in total. The molecule has 1 atom stereocenters. The van der Waals surface area contributed by atoms with E-state index >= 15 is 0 Å². The highest BCUT2D eigenvalue weighted by Gasteiger charge is 2.25. The van der Waals surface area contributed by atoms with Gasteiger partial charge in [-0.25, -0.2) is 9.50 Å². The first kappa shape index (κ1) is 21.2. The normalized spacial score (nSPS) is 18.9. The van der Waals surface area contributed by atoms with Crippen molar-refractivity contribution < 1.29 is 0 Å². The third kappa shape index (κ3) is 4.18. The third-order valence-electron chi connectivity index (χ3n) is 5.95. The Balaban J connectivity index is 1.53. The van der Waals surface area contributed by atoms with E-state index in [1.165, 1.54) is 0 Å². The summed E-state index contributed by atoms with van der Waals surface area (Å²) in [6, 6.07) is 4.53. The van der Waals surface area contributed by atoms with Gasteiger partial charge in [-0.1, -0.05) is 11.6 Å². The zero-order chi connectivity index (χ0) is 22.2. The summed E-state index contributed by atoms with van der Waals surface area (Å²) >= 11 is 6.86. The maximum atomic E-state index is 6.86. The average molecular weight is 457 g/mol. The van der Waals surface area contributed by atoms with E-state index in [1.54, 1.807) is 10.7 Å². The summed E-state index contributed by atoms with van der Waals surface area (Å²) in [5.41, 5.74) is 22.1. The quantitative estimate of drug-likeness (QED) is 0.359. The van der Waals surface area contributed by atoms with Crippen molar-refractivity contribution in [2.24, 2.45) is 17.2 Å². The van der Waals surface area contributed by atoms with E-state index in [4.69, 9.17) is 33.8 Å². The maximum absolute atomic E-state index is 6.86. The zero-order valence-electron chi connectivity index (χ0n) is 17.9. The molecular weight excluding hydrogens is 428 g/mol. The molecule has 2 fully saturated rings. The Morgan fingerprint density at radius 2 is 2.00 bits per heavy atom. The summed E-state index contributed by atoms with van der Waals surface area (Å²) < 4.78 is 1.73. The summed E-state index contributed by atoms with van der Waals surface area (Å²) in [5.74, 6) is 1.09. The van der Waals surface area contributed by atoms with Crippen molar-refractivity contribution in [3.05, 3.63) is 34.6 Å². The maximum Gasteiger partial charge on any atom is 0.247 e. The highest BCUT2D eigenvalue weighted by molar-refractivity contribution is 6.36. The number of fused-ring (bicyclic) bond motifs is 1. The number of imidazole rings is 1. The smallest absolute Gasteiger partial charge is 0.247 e. The van der Waals surface area contributed by atoms with Crippen LogP contribution in [0.2, 0.25) is 5.02 Å². The van der Waals surface area contributed by atoms with Gasteiger partial charge in [0, 0.05) is 38.3 Å². The second kappa shape index (κ2) is 8.70. The first-order valence-electron chi connectivity index (χ1n) is 11.1. The highest BCUT2D eigenvalue weighted by atomic mass is 35.5. The van der Waals surface area contributed by atoms with Gasteiger partial charge >= 0.3 is 0 Å². The second-order valence-electron chi connectivity index (χ2n) is 8.55. The molecule has 0 amide bonds. The van der Waals surface area contributed by atoms with E-state index < -0.39 is 0 Å². The van der Waals surface area contributed by atoms with Crippen LogP contribution in [0.3, 0.4) is 0 Å². The van der Waals surface area contributed by atoms with E-state index in [9.17, 15) is 0 Å². The highest BCUT2D eigenvalue weighted by Crippen LogP contribution is 2.37. The molecule has 1 aliphatic carbocycles. The van der Waals surface area contributed by atoms with Crippen LogP contribution in [-0.4, -0.2) is 44.8 Å². The number of nitrogens with two attached hydrogens (primary N) is 3. The lowest BCUT2D eigenvalue weighted by atomic mass is 10.0. The third-order valence-corrected chi connectivity index (χ3v) is 6.35. The molecule has 1 aromatic carbocycles. The van der Waals surface area contributed by atoms with Gasteiger partial charge in [-0.05, 0) is 43.4 Å². The molecule has 11 heteroatoms. The van der Waals surface area contributed by atoms with Crippen molar-refractivity contribution in [1.82, 2.24) is 19.6 Å². The van der Waals surface area contributed by atoms with Crippen molar-refractivity contribution in [1.29, 1.82) is 0 Å². The van der Waals surface area contributed by atoms with Gasteiger partial charge in [-0.2, -0.15) is 4.98 Å². The molecule has 2 aromatic heterocycles. The van der Waals surface area contributed by atoms with E-state index in [0.29, 0.717) is 47.3 Å². The molecule has 170 valence electrons. The van der Waals surface area contributed by atoms with Crippen LogP contribution in [0.25, 0.3) is 5.65 Å². The van der Waals surface area contributed by atoms with Crippen LogP contribution in [0.15, 0.2) is 18.3 Å². The molecule has 0 spiro atoms. The van der Waals surface area contributed by atoms with E-state index in [1.807, 2.05) is 12.1 Å². The van der Waals surface area contributed by atoms with Gasteiger partial charge in [-0.3, -0.25) is 0 Å². The van der Waals surface area contributed by atoms with Gasteiger partial charge in [-0.15, -0.1) is 5.10 Å². The fourth-order valence-electron chi connectivity index (χ4n) is 4.09. The number of benzene rings is 1. The van der Waals surface area contributed by atoms with Crippen LogP contribution in [0.4, 0.5) is 23.1 Å². The van der Waals surface area contributed by atoms with Crippen molar-refractivity contribution in [3.8, 4) is 0 Å². The lowest BCUT2D eigenvalue weighted by Crippen LogP contribution is -2.43. The Labute approximate surface area is 191 Å². The Morgan fingerprint density at radius 1 is 1.16 bits per heavy atom. The topological polar surface area (TPSA) is 148 Å². The van der Waals surface area contributed by atoms with Crippen molar-refractivity contribution in [2.75, 3.05) is 28.6 Å². The van der Waals surface area contributed by atoms with Gasteiger partial charge in [0.15, 0.2) is 11.5 Å².